The number of primary amides is 1. The van der Waals surface area contributed by atoms with Gasteiger partial charge in [0.1, 0.15) is 5.75 Å². The van der Waals surface area contributed by atoms with Gasteiger partial charge in [-0.1, -0.05) is 30.3 Å². The van der Waals surface area contributed by atoms with Crippen LogP contribution in [0.25, 0.3) is 10.8 Å². The minimum Gasteiger partial charge on any atom is -0.484 e. The van der Waals surface area contributed by atoms with E-state index >= 15 is 0 Å². The maximum Gasteiger partial charge on any atom is 0.314 e. The van der Waals surface area contributed by atoms with Crippen LogP contribution < -0.4 is 10.5 Å². The summed E-state index contributed by atoms with van der Waals surface area (Å²) in [7, 11) is 0. The van der Waals surface area contributed by atoms with Gasteiger partial charge in [-0.25, -0.2) is 4.79 Å². The zero-order valence-corrected chi connectivity index (χ0v) is 13.5. The fraction of sp³-hybridized carbons (Fsp3) is 0.333. The second kappa shape index (κ2) is 7.21. The normalized spacial score (nSPS) is 15.2. The number of benzene rings is 2. The molecule has 1 aliphatic heterocycles. The number of carbonyl (C=O) groups is 2. The van der Waals surface area contributed by atoms with Gasteiger partial charge in [-0.3, -0.25) is 4.79 Å². The third kappa shape index (κ3) is 3.76. The van der Waals surface area contributed by atoms with Crippen LogP contribution in [0.4, 0.5) is 4.79 Å². The number of hydrogen-bond acceptors (Lipinski definition) is 3. The average Bonchev–Trinajstić information content (AvgIpc) is 2.86. The van der Waals surface area contributed by atoms with Crippen LogP contribution in [-0.4, -0.2) is 54.5 Å². The quantitative estimate of drug-likeness (QED) is 0.934. The molecule has 0 radical (unpaired) electrons. The molecule has 0 spiro atoms. The Bertz CT molecular complexity index is 747. The Hall–Kier alpha value is -2.76. The van der Waals surface area contributed by atoms with Crippen molar-refractivity contribution in [3.63, 3.8) is 0 Å². The maximum absolute atomic E-state index is 12.3. The maximum atomic E-state index is 12.3. The molecule has 24 heavy (non-hydrogen) atoms. The van der Waals surface area contributed by atoms with Crippen LogP contribution in [0.5, 0.6) is 5.75 Å². The Morgan fingerprint density at radius 3 is 2.46 bits per heavy atom. The third-order valence-electron chi connectivity index (χ3n) is 4.24. The van der Waals surface area contributed by atoms with E-state index in [-0.39, 0.29) is 12.5 Å². The van der Waals surface area contributed by atoms with Crippen LogP contribution in [0.1, 0.15) is 6.42 Å². The molecule has 2 aromatic carbocycles. The molecule has 126 valence electrons. The van der Waals surface area contributed by atoms with E-state index in [2.05, 4.69) is 0 Å². The topological polar surface area (TPSA) is 75.9 Å². The average molecular weight is 327 g/mol. The van der Waals surface area contributed by atoms with Gasteiger partial charge in [0.05, 0.1) is 0 Å². The summed E-state index contributed by atoms with van der Waals surface area (Å²) in [4.78, 5) is 26.8. The monoisotopic (exact) mass is 327 g/mol. The van der Waals surface area contributed by atoms with Crippen molar-refractivity contribution in [2.45, 2.75) is 6.42 Å². The lowest BCUT2D eigenvalue weighted by atomic mass is 10.1. The van der Waals surface area contributed by atoms with E-state index < -0.39 is 6.03 Å². The van der Waals surface area contributed by atoms with Crippen molar-refractivity contribution in [2.24, 2.45) is 5.73 Å². The van der Waals surface area contributed by atoms with Crippen LogP contribution in [0.3, 0.4) is 0 Å². The van der Waals surface area contributed by atoms with Gasteiger partial charge in [-0.05, 0) is 29.3 Å². The van der Waals surface area contributed by atoms with Gasteiger partial charge in [0, 0.05) is 26.2 Å². The third-order valence-corrected chi connectivity index (χ3v) is 4.24. The summed E-state index contributed by atoms with van der Waals surface area (Å²) in [5.41, 5.74) is 5.30. The zero-order chi connectivity index (χ0) is 16.9. The summed E-state index contributed by atoms with van der Waals surface area (Å²) in [6, 6.07) is 13.3. The highest BCUT2D eigenvalue weighted by atomic mass is 16.5. The molecule has 6 nitrogen and oxygen atoms in total. The molecular weight excluding hydrogens is 306 g/mol. The molecular formula is C18H21N3O3. The van der Waals surface area contributed by atoms with Crippen molar-refractivity contribution in [1.82, 2.24) is 9.80 Å². The van der Waals surface area contributed by atoms with Crippen LogP contribution in [0.2, 0.25) is 0 Å². The highest BCUT2D eigenvalue weighted by molar-refractivity contribution is 5.84. The van der Waals surface area contributed by atoms with Gasteiger partial charge < -0.3 is 20.3 Å². The second-order valence-electron chi connectivity index (χ2n) is 5.86. The summed E-state index contributed by atoms with van der Waals surface area (Å²) in [5, 5.41) is 2.21. The van der Waals surface area contributed by atoms with E-state index in [1.165, 1.54) is 0 Å². The van der Waals surface area contributed by atoms with Gasteiger partial charge in [0.2, 0.25) is 0 Å². The molecule has 0 saturated carbocycles. The standard InChI is InChI=1S/C18H21N3O3/c19-18(23)21-9-3-8-20(10-11-21)17(22)13-24-16-7-6-14-4-1-2-5-15(14)12-16/h1-2,4-7,12H,3,8-11,13H2,(H2,19,23). The van der Waals surface area contributed by atoms with Crippen LogP contribution in [-0.2, 0) is 4.79 Å². The molecule has 3 amide bonds. The van der Waals surface area contributed by atoms with E-state index in [9.17, 15) is 9.59 Å². The molecule has 1 heterocycles. The molecule has 0 aromatic heterocycles. The zero-order valence-electron chi connectivity index (χ0n) is 13.5. The fourth-order valence-electron chi connectivity index (χ4n) is 2.88. The Morgan fingerprint density at radius 1 is 0.958 bits per heavy atom. The molecule has 0 unspecified atom stereocenters. The molecule has 1 fully saturated rings. The number of nitrogens with two attached hydrogens (primary N) is 1. The lowest BCUT2D eigenvalue weighted by Crippen LogP contribution is -2.40. The number of urea groups is 1. The number of fused-ring (bicyclic) bond motifs is 1. The fourth-order valence-corrected chi connectivity index (χ4v) is 2.88. The van der Waals surface area contributed by atoms with Crippen LogP contribution in [0.15, 0.2) is 42.5 Å². The lowest BCUT2D eigenvalue weighted by molar-refractivity contribution is -0.133. The number of rotatable bonds is 3. The van der Waals surface area contributed by atoms with Gasteiger partial charge >= 0.3 is 6.03 Å². The summed E-state index contributed by atoms with van der Waals surface area (Å²) < 4.78 is 5.65. The summed E-state index contributed by atoms with van der Waals surface area (Å²) >= 11 is 0. The largest absolute Gasteiger partial charge is 0.484 e. The van der Waals surface area contributed by atoms with E-state index in [0.717, 1.165) is 17.2 Å². The minimum atomic E-state index is -0.434. The first-order valence-electron chi connectivity index (χ1n) is 8.07. The molecule has 2 N–H and O–H groups in total. The van der Waals surface area contributed by atoms with Crippen LogP contribution in [0, 0.1) is 0 Å². The van der Waals surface area contributed by atoms with E-state index in [0.29, 0.717) is 31.9 Å². The molecule has 1 aliphatic rings. The highest BCUT2D eigenvalue weighted by Gasteiger charge is 2.20. The van der Waals surface area contributed by atoms with Crippen molar-refractivity contribution < 1.29 is 14.3 Å². The van der Waals surface area contributed by atoms with E-state index in [1.807, 2.05) is 42.5 Å². The predicted octanol–water partition coefficient (Wildman–Crippen LogP) is 1.83. The highest BCUT2D eigenvalue weighted by Crippen LogP contribution is 2.20. The van der Waals surface area contributed by atoms with Crippen molar-refractivity contribution in [2.75, 3.05) is 32.8 Å². The van der Waals surface area contributed by atoms with Gasteiger partial charge in [-0.2, -0.15) is 0 Å². The van der Waals surface area contributed by atoms with Crippen LogP contribution >= 0.6 is 0 Å². The SMILES string of the molecule is NC(=O)N1CCCN(C(=O)COc2ccc3ccccc3c2)CC1. The van der Waals surface area contributed by atoms with Gasteiger partial charge in [-0.15, -0.1) is 0 Å². The summed E-state index contributed by atoms with van der Waals surface area (Å²) in [6.07, 6.45) is 0.727. The van der Waals surface area contributed by atoms with Crippen molar-refractivity contribution >= 4 is 22.7 Å². The molecule has 2 aromatic rings. The Labute approximate surface area is 140 Å². The van der Waals surface area contributed by atoms with Crippen molar-refractivity contribution in [3.05, 3.63) is 42.5 Å². The Morgan fingerprint density at radius 2 is 1.67 bits per heavy atom. The summed E-state index contributed by atoms with van der Waals surface area (Å²) in [5.74, 6) is 0.602. The summed E-state index contributed by atoms with van der Waals surface area (Å²) in [6.45, 7) is 2.16. The number of hydrogen-bond donors (Lipinski definition) is 1. The molecule has 3 rings (SSSR count). The van der Waals surface area contributed by atoms with Crippen molar-refractivity contribution in [1.29, 1.82) is 0 Å². The second-order valence-corrected chi connectivity index (χ2v) is 5.86. The molecule has 0 bridgehead atoms. The minimum absolute atomic E-state index is 0.00505. The molecule has 0 atom stereocenters. The first-order chi connectivity index (χ1) is 11.6. The predicted molar refractivity (Wildman–Crippen MR) is 91.8 cm³/mol. The first-order valence-corrected chi connectivity index (χ1v) is 8.07. The van der Waals surface area contributed by atoms with E-state index in [4.69, 9.17) is 10.5 Å². The number of nitrogens with zero attached hydrogens (tertiary/aromatic N) is 2. The molecule has 6 heteroatoms. The smallest absolute Gasteiger partial charge is 0.314 e. The van der Waals surface area contributed by atoms with Gasteiger partial charge in [0.25, 0.3) is 5.91 Å². The number of carbonyl (C=O) groups excluding carboxylic acids is 2. The van der Waals surface area contributed by atoms with Crippen molar-refractivity contribution in [3.8, 4) is 5.75 Å². The van der Waals surface area contributed by atoms with Gasteiger partial charge in [0.15, 0.2) is 6.61 Å². The molecule has 0 aliphatic carbocycles. The number of amides is 3. The number of ether oxygens (including phenoxy) is 1. The Balaban J connectivity index is 1.57. The lowest BCUT2D eigenvalue weighted by Gasteiger charge is -2.21. The van der Waals surface area contributed by atoms with E-state index in [1.54, 1.807) is 9.80 Å². The Kier molecular flexibility index (Phi) is 4.84. The molecule has 1 saturated heterocycles. The first kappa shape index (κ1) is 16.1.